The van der Waals surface area contributed by atoms with Crippen LogP contribution in [0.4, 0.5) is 0 Å². The second-order valence-electron chi connectivity index (χ2n) is 3.85. The maximum atomic E-state index is 5.67. The predicted octanol–water partition coefficient (Wildman–Crippen LogP) is 1.43. The fourth-order valence-corrected chi connectivity index (χ4v) is 2.20. The van der Waals surface area contributed by atoms with Gasteiger partial charge in [0.2, 0.25) is 0 Å². The maximum absolute atomic E-state index is 5.67. The van der Waals surface area contributed by atoms with Crippen LogP contribution in [0.2, 0.25) is 0 Å². The first-order valence-corrected chi connectivity index (χ1v) is 6.60. The smallest absolute Gasteiger partial charge is 0.0830 e. The minimum Gasteiger partial charge on any atom is -0.379 e. The van der Waals surface area contributed by atoms with Crippen molar-refractivity contribution >= 4 is 11.3 Å². The van der Waals surface area contributed by atoms with Gasteiger partial charge in [0, 0.05) is 30.8 Å². The van der Waals surface area contributed by atoms with Gasteiger partial charge in [-0.2, -0.15) is 0 Å². The third-order valence-corrected chi connectivity index (χ3v) is 3.30. The SMILES string of the molecule is c1ncc(CNCCCOC2CCOC2)s1. The van der Waals surface area contributed by atoms with Crippen LogP contribution >= 0.6 is 11.3 Å². The lowest BCUT2D eigenvalue weighted by atomic mass is 10.3. The van der Waals surface area contributed by atoms with Gasteiger partial charge in [0.1, 0.15) is 0 Å². The number of thiazole rings is 1. The molecule has 1 aromatic rings. The lowest BCUT2D eigenvalue weighted by molar-refractivity contribution is 0.0416. The van der Waals surface area contributed by atoms with Crippen molar-refractivity contribution in [3.63, 3.8) is 0 Å². The Morgan fingerprint density at radius 3 is 3.38 bits per heavy atom. The molecule has 1 aliphatic heterocycles. The van der Waals surface area contributed by atoms with E-state index in [-0.39, 0.29) is 0 Å². The third-order valence-electron chi connectivity index (χ3n) is 2.52. The van der Waals surface area contributed by atoms with Gasteiger partial charge in [0.15, 0.2) is 0 Å². The summed E-state index contributed by atoms with van der Waals surface area (Å²) in [5.41, 5.74) is 1.86. The van der Waals surface area contributed by atoms with Crippen LogP contribution in [0.15, 0.2) is 11.7 Å². The first-order valence-electron chi connectivity index (χ1n) is 5.72. The monoisotopic (exact) mass is 242 g/mol. The number of nitrogens with zero attached hydrogens (tertiary/aromatic N) is 1. The van der Waals surface area contributed by atoms with E-state index in [9.17, 15) is 0 Å². The summed E-state index contributed by atoms with van der Waals surface area (Å²) in [6.07, 6.45) is 4.34. The first-order chi connectivity index (χ1) is 7.95. The molecule has 16 heavy (non-hydrogen) atoms. The topological polar surface area (TPSA) is 43.4 Å². The standard InChI is InChI=1S/C11H18N2O2S/c1(4-15-10-2-5-14-8-10)3-12-6-11-7-13-9-16-11/h7,9-10,12H,1-6,8H2. The Labute approximate surface area is 100.0 Å². The maximum Gasteiger partial charge on any atom is 0.0830 e. The van der Waals surface area contributed by atoms with E-state index in [1.165, 1.54) is 4.88 Å². The molecule has 0 aromatic carbocycles. The summed E-state index contributed by atoms with van der Waals surface area (Å²) in [5.74, 6) is 0. The van der Waals surface area contributed by atoms with Gasteiger partial charge in [-0.3, -0.25) is 4.98 Å². The molecule has 1 fully saturated rings. The normalized spacial score (nSPS) is 20.4. The van der Waals surface area contributed by atoms with Crippen molar-refractivity contribution < 1.29 is 9.47 Å². The van der Waals surface area contributed by atoms with Crippen LogP contribution < -0.4 is 5.32 Å². The Hall–Kier alpha value is -0.490. The van der Waals surface area contributed by atoms with Crippen molar-refractivity contribution in [3.05, 3.63) is 16.6 Å². The van der Waals surface area contributed by atoms with E-state index in [0.717, 1.165) is 45.8 Å². The van der Waals surface area contributed by atoms with Gasteiger partial charge < -0.3 is 14.8 Å². The Bertz CT molecular complexity index is 274. The minimum absolute atomic E-state index is 0.335. The molecule has 1 saturated heterocycles. The zero-order valence-corrected chi connectivity index (χ0v) is 10.2. The highest BCUT2D eigenvalue weighted by Crippen LogP contribution is 2.08. The number of hydrogen-bond donors (Lipinski definition) is 1. The van der Waals surface area contributed by atoms with Gasteiger partial charge in [0.05, 0.1) is 18.2 Å². The van der Waals surface area contributed by atoms with Crippen LogP contribution in [0.3, 0.4) is 0 Å². The molecule has 4 nitrogen and oxygen atoms in total. The molecule has 1 unspecified atom stereocenters. The van der Waals surface area contributed by atoms with Crippen molar-refractivity contribution in [2.75, 3.05) is 26.4 Å². The fraction of sp³-hybridized carbons (Fsp3) is 0.727. The summed E-state index contributed by atoms with van der Waals surface area (Å²) in [5, 5.41) is 3.37. The molecule has 0 radical (unpaired) electrons. The Morgan fingerprint density at radius 2 is 2.62 bits per heavy atom. The van der Waals surface area contributed by atoms with Crippen molar-refractivity contribution in [2.45, 2.75) is 25.5 Å². The van der Waals surface area contributed by atoms with E-state index < -0.39 is 0 Å². The molecule has 1 aromatic heterocycles. The molecule has 90 valence electrons. The molecule has 1 aliphatic rings. The lowest BCUT2D eigenvalue weighted by Gasteiger charge is -2.09. The van der Waals surface area contributed by atoms with Crippen LogP contribution in [0, 0.1) is 0 Å². The number of aromatic nitrogens is 1. The van der Waals surface area contributed by atoms with Crippen LogP contribution in [-0.4, -0.2) is 37.5 Å². The minimum atomic E-state index is 0.335. The molecular weight excluding hydrogens is 224 g/mol. The van der Waals surface area contributed by atoms with Gasteiger partial charge >= 0.3 is 0 Å². The predicted molar refractivity (Wildman–Crippen MR) is 63.6 cm³/mol. The zero-order valence-electron chi connectivity index (χ0n) is 9.35. The zero-order chi connectivity index (χ0) is 11.1. The molecule has 0 spiro atoms. The van der Waals surface area contributed by atoms with Crippen LogP contribution in [-0.2, 0) is 16.0 Å². The second kappa shape index (κ2) is 6.96. The summed E-state index contributed by atoms with van der Waals surface area (Å²) >= 11 is 1.69. The van der Waals surface area contributed by atoms with E-state index in [2.05, 4.69) is 10.3 Å². The van der Waals surface area contributed by atoms with Crippen LogP contribution in [0.5, 0.6) is 0 Å². The Morgan fingerprint density at radius 1 is 1.62 bits per heavy atom. The average molecular weight is 242 g/mol. The van der Waals surface area contributed by atoms with Crippen molar-refractivity contribution in [1.82, 2.24) is 10.3 Å². The molecule has 5 heteroatoms. The van der Waals surface area contributed by atoms with E-state index in [0.29, 0.717) is 6.10 Å². The highest BCUT2D eigenvalue weighted by atomic mass is 32.1. The van der Waals surface area contributed by atoms with Gasteiger partial charge in [-0.15, -0.1) is 11.3 Å². The molecule has 1 atom stereocenters. The Kier molecular flexibility index (Phi) is 5.21. The molecule has 2 heterocycles. The molecule has 2 rings (SSSR count). The van der Waals surface area contributed by atoms with Gasteiger partial charge in [-0.05, 0) is 19.4 Å². The quantitative estimate of drug-likeness (QED) is 0.735. The van der Waals surface area contributed by atoms with Crippen molar-refractivity contribution in [2.24, 2.45) is 0 Å². The van der Waals surface area contributed by atoms with E-state index >= 15 is 0 Å². The summed E-state index contributed by atoms with van der Waals surface area (Å²) in [7, 11) is 0. The largest absolute Gasteiger partial charge is 0.379 e. The van der Waals surface area contributed by atoms with Crippen LogP contribution in [0.25, 0.3) is 0 Å². The van der Waals surface area contributed by atoms with E-state index in [1.807, 2.05) is 11.7 Å². The third kappa shape index (κ3) is 4.17. The summed E-state index contributed by atoms with van der Waals surface area (Å²) in [6, 6.07) is 0. The molecular formula is C11H18N2O2S. The molecule has 0 bridgehead atoms. The number of ether oxygens (including phenoxy) is 2. The van der Waals surface area contributed by atoms with E-state index in [1.54, 1.807) is 11.3 Å². The molecule has 0 saturated carbocycles. The van der Waals surface area contributed by atoms with Crippen molar-refractivity contribution in [3.8, 4) is 0 Å². The fourth-order valence-electron chi connectivity index (χ4n) is 1.63. The molecule has 1 N–H and O–H groups in total. The summed E-state index contributed by atoms with van der Waals surface area (Å²) in [4.78, 5) is 5.31. The number of rotatable bonds is 7. The first kappa shape index (κ1) is 12.0. The number of hydrogen-bond acceptors (Lipinski definition) is 5. The lowest BCUT2D eigenvalue weighted by Crippen LogP contribution is -2.18. The average Bonchev–Trinajstić information content (AvgIpc) is 2.96. The highest BCUT2D eigenvalue weighted by molar-refractivity contribution is 7.09. The van der Waals surface area contributed by atoms with Crippen molar-refractivity contribution in [1.29, 1.82) is 0 Å². The second-order valence-corrected chi connectivity index (χ2v) is 4.83. The summed E-state index contributed by atoms with van der Waals surface area (Å²) in [6.45, 7) is 4.36. The molecule has 0 amide bonds. The van der Waals surface area contributed by atoms with E-state index in [4.69, 9.17) is 9.47 Å². The van der Waals surface area contributed by atoms with Gasteiger partial charge in [-0.1, -0.05) is 0 Å². The van der Waals surface area contributed by atoms with Crippen LogP contribution in [0.1, 0.15) is 17.7 Å². The highest BCUT2D eigenvalue weighted by Gasteiger charge is 2.14. The van der Waals surface area contributed by atoms with Gasteiger partial charge in [0.25, 0.3) is 0 Å². The number of nitrogens with one attached hydrogen (secondary N) is 1. The van der Waals surface area contributed by atoms with Gasteiger partial charge in [-0.25, -0.2) is 0 Å². The molecule has 0 aliphatic carbocycles. The Balaban J connectivity index is 1.43. The summed E-state index contributed by atoms with van der Waals surface area (Å²) < 4.78 is 10.9.